The molecule has 0 fully saturated rings. The molecule has 0 bridgehead atoms. The highest BCUT2D eigenvalue weighted by Gasteiger charge is 2.15. The van der Waals surface area contributed by atoms with Crippen molar-refractivity contribution in [3.05, 3.63) is 56.2 Å². The number of methoxy groups -OCH3 is 1. The van der Waals surface area contributed by atoms with Crippen molar-refractivity contribution in [2.45, 2.75) is 6.92 Å². The van der Waals surface area contributed by atoms with Crippen LogP contribution in [0.2, 0.25) is 0 Å². The first-order chi connectivity index (χ1) is 12.0. The first-order valence-corrected chi connectivity index (χ1v) is 9.29. The third-order valence-corrected chi connectivity index (χ3v) is 5.50. The predicted molar refractivity (Wildman–Crippen MR) is 104 cm³/mol. The number of carbonyl (C=O) groups is 1. The average molecular weight is 392 g/mol. The fraction of sp³-hybridized carbons (Fsp3) is 0.118. The fourth-order valence-electron chi connectivity index (χ4n) is 1.99. The normalized spacial score (nSPS) is 11.4. The number of amides is 1. The van der Waals surface area contributed by atoms with Gasteiger partial charge in [0.25, 0.3) is 5.91 Å². The van der Waals surface area contributed by atoms with Crippen molar-refractivity contribution in [3.63, 3.8) is 0 Å². The van der Waals surface area contributed by atoms with Crippen LogP contribution in [0, 0.1) is 6.92 Å². The summed E-state index contributed by atoms with van der Waals surface area (Å²) in [5.74, 6) is 0.391. The van der Waals surface area contributed by atoms with Crippen LogP contribution in [-0.4, -0.2) is 23.2 Å². The molecule has 0 unspecified atom stereocenters. The van der Waals surface area contributed by atoms with Gasteiger partial charge in [-0.25, -0.2) is 0 Å². The minimum atomic E-state index is -0.328. The molecule has 1 N–H and O–H groups in total. The third-order valence-electron chi connectivity index (χ3n) is 3.20. The summed E-state index contributed by atoms with van der Waals surface area (Å²) in [6.45, 7) is 2.03. The number of aromatic nitrogens is 2. The molecule has 0 saturated heterocycles. The first kappa shape index (κ1) is 17.6. The summed E-state index contributed by atoms with van der Waals surface area (Å²) in [5.41, 5.74) is 0.651. The number of hydrogen-bond acceptors (Lipinski definition) is 6. The van der Waals surface area contributed by atoms with Gasteiger partial charge in [0, 0.05) is 15.4 Å². The topological polar surface area (TPSA) is 64.1 Å². The largest absolute Gasteiger partial charge is 0.497 e. The van der Waals surface area contributed by atoms with Crippen LogP contribution in [0.1, 0.15) is 24.6 Å². The second-order valence-electron chi connectivity index (χ2n) is 5.04. The van der Waals surface area contributed by atoms with Crippen LogP contribution in [0.15, 0.2) is 36.4 Å². The average Bonchev–Trinajstić information content (AvgIpc) is 3.25. The van der Waals surface area contributed by atoms with E-state index >= 15 is 0 Å². The molecule has 0 aliphatic rings. The number of nitrogens with one attached hydrogen (secondary N) is 1. The van der Waals surface area contributed by atoms with Gasteiger partial charge in [0.15, 0.2) is 5.01 Å². The van der Waals surface area contributed by atoms with Gasteiger partial charge < -0.3 is 10.1 Å². The third kappa shape index (κ3) is 4.45. The lowest BCUT2D eigenvalue weighted by Crippen LogP contribution is -2.11. The van der Waals surface area contributed by atoms with E-state index in [-0.39, 0.29) is 10.9 Å². The van der Waals surface area contributed by atoms with E-state index in [2.05, 4.69) is 15.5 Å². The molecule has 3 aromatic rings. The second kappa shape index (κ2) is 7.77. The van der Waals surface area contributed by atoms with Crippen molar-refractivity contribution in [2.75, 3.05) is 12.4 Å². The van der Waals surface area contributed by atoms with E-state index in [1.54, 1.807) is 42.7 Å². The van der Waals surface area contributed by atoms with Crippen LogP contribution in [-0.2, 0) is 0 Å². The Balaban J connectivity index is 1.71. The van der Waals surface area contributed by atoms with Crippen molar-refractivity contribution >= 4 is 57.0 Å². The summed E-state index contributed by atoms with van der Waals surface area (Å²) < 4.78 is 5.09. The number of carbonyl (C=O) groups excluding carboxylic acids is 1. The number of anilines is 1. The zero-order valence-electron chi connectivity index (χ0n) is 13.4. The first-order valence-electron chi connectivity index (χ1n) is 7.28. The zero-order valence-corrected chi connectivity index (χ0v) is 15.8. The molecule has 0 aliphatic heterocycles. The predicted octanol–water partition coefficient (Wildman–Crippen LogP) is 4.91. The highest BCUT2D eigenvalue weighted by atomic mass is 35.5. The summed E-state index contributed by atoms with van der Waals surface area (Å²) >= 11 is 9.07. The van der Waals surface area contributed by atoms with Crippen LogP contribution in [0.25, 0.3) is 11.1 Å². The molecule has 1 amide bonds. The van der Waals surface area contributed by atoms with E-state index in [9.17, 15) is 4.79 Å². The quantitative estimate of drug-likeness (QED) is 0.671. The van der Waals surface area contributed by atoms with Gasteiger partial charge in [-0.05, 0) is 49.4 Å². The van der Waals surface area contributed by atoms with Gasteiger partial charge in [-0.3, -0.25) is 4.79 Å². The standard InChI is InChI=1S/C17H14ClN3O2S2/c1-10-3-8-13(24-10)9-14(18)16-20-21-17(25-16)15(22)19-11-4-6-12(23-2)7-5-11/h3-9H,1-2H3,(H,19,22)/b14-9-. The van der Waals surface area contributed by atoms with Crippen LogP contribution < -0.4 is 10.1 Å². The highest BCUT2D eigenvalue weighted by molar-refractivity contribution is 7.15. The van der Waals surface area contributed by atoms with Crippen LogP contribution in [0.3, 0.4) is 0 Å². The SMILES string of the molecule is COc1ccc(NC(=O)c2nnc(/C(Cl)=C/c3ccc(C)s3)s2)cc1. The summed E-state index contributed by atoms with van der Waals surface area (Å²) in [5, 5.41) is 11.9. The zero-order chi connectivity index (χ0) is 17.8. The molecular weight excluding hydrogens is 378 g/mol. The Morgan fingerprint density at radius 2 is 1.84 bits per heavy atom. The van der Waals surface area contributed by atoms with E-state index in [1.807, 2.05) is 25.1 Å². The van der Waals surface area contributed by atoms with Gasteiger partial charge >= 0.3 is 0 Å². The van der Waals surface area contributed by atoms with Crippen LogP contribution in [0.5, 0.6) is 5.75 Å². The molecule has 0 aliphatic carbocycles. The molecule has 0 saturated carbocycles. The molecule has 3 rings (SSSR count). The van der Waals surface area contributed by atoms with Gasteiger partial charge in [0.05, 0.1) is 12.1 Å². The molecule has 128 valence electrons. The van der Waals surface area contributed by atoms with E-state index in [0.717, 1.165) is 22.0 Å². The number of hydrogen-bond donors (Lipinski definition) is 1. The molecule has 1 aromatic carbocycles. The van der Waals surface area contributed by atoms with Crippen molar-refractivity contribution in [1.29, 1.82) is 0 Å². The Kier molecular flexibility index (Phi) is 5.47. The lowest BCUT2D eigenvalue weighted by Gasteiger charge is -2.03. The van der Waals surface area contributed by atoms with E-state index in [4.69, 9.17) is 16.3 Å². The molecule has 25 heavy (non-hydrogen) atoms. The summed E-state index contributed by atoms with van der Waals surface area (Å²) in [4.78, 5) is 14.5. The second-order valence-corrected chi connectivity index (χ2v) is 7.74. The maximum Gasteiger partial charge on any atom is 0.286 e. The summed E-state index contributed by atoms with van der Waals surface area (Å²) in [7, 11) is 1.59. The highest BCUT2D eigenvalue weighted by Crippen LogP contribution is 2.28. The Labute approximate surface area is 157 Å². The van der Waals surface area contributed by atoms with Gasteiger partial charge in [-0.1, -0.05) is 22.9 Å². The maximum absolute atomic E-state index is 12.3. The van der Waals surface area contributed by atoms with Crippen LogP contribution >= 0.6 is 34.3 Å². The van der Waals surface area contributed by atoms with Crippen molar-refractivity contribution < 1.29 is 9.53 Å². The van der Waals surface area contributed by atoms with E-state index in [1.165, 1.54) is 4.88 Å². The molecule has 0 atom stereocenters. The number of halogens is 1. The van der Waals surface area contributed by atoms with E-state index in [0.29, 0.717) is 15.7 Å². The van der Waals surface area contributed by atoms with Gasteiger partial charge in [0.1, 0.15) is 5.75 Å². The monoisotopic (exact) mass is 391 g/mol. The minimum Gasteiger partial charge on any atom is -0.497 e. The Bertz CT molecular complexity index is 916. The van der Waals surface area contributed by atoms with Crippen molar-refractivity contribution in [2.24, 2.45) is 0 Å². The lowest BCUT2D eigenvalue weighted by atomic mass is 10.3. The van der Waals surface area contributed by atoms with Crippen molar-refractivity contribution in [3.8, 4) is 5.75 Å². The number of aryl methyl sites for hydroxylation is 1. The Morgan fingerprint density at radius 3 is 2.48 bits per heavy atom. The van der Waals surface area contributed by atoms with Gasteiger partial charge in [0.2, 0.25) is 5.01 Å². The molecule has 2 aromatic heterocycles. The van der Waals surface area contributed by atoms with Gasteiger partial charge in [-0.15, -0.1) is 21.5 Å². The molecule has 8 heteroatoms. The minimum absolute atomic E-state index is 0.250. The Morgan fingerprint density at radius 1 is 1.12 bits per heavy atom. The number of benzene rings is 1. The smallest absolute Gasteiger partial charge is 0.286 e. The fourth-order valence-corrected chi connectivity index (χ4v) is 3.79. The van der Waals surface area contributed by atoms with Gasteiger partial charge in [-0.2, -0.15) is 0 Å². The number of rotatable bonds is 5. The molecule has 2 heterocycles. The maximum atomic E-state index is 12.3. The van der Waals surface area contributed by atoms with Crippen LogP contribution in [0.4, 0.5) is 5.69 Å². The number of nitrogens with zero attached hydrogens (tertiary/aromatic N) is 2. The summed E-state index contributed by atoms with van der Waals surface area (Å²) in [6, 6.07) is 11.1. The molecular formula is C17H14ClN3O2S2. The number of thiophene rings is 1. The number of ether oxygens (including phenoxy) is 1. The lowest BCUT2D eigenvalue weighted by molar-refractivity contribution is 0.102. The molecule has 0 radical (unpaired) electrons. The molecule has 5 nitrogen and oxygen atoms in total. The summed E-state index contributed by atoms with van der Waals surface area (Å²) in [6.07, 6.45) is 1.82. The van der Waals surface area contributed by atoms with Crippen molar-refractivity contribution in [1.82, 2.24) is 10.2 Å². The molecule has 0 spiro atoms. The Hall–Kier alpha value is -2.22. The van der Waals surface area contributed by atoms with E-state index < -0.39 is 0 Å².